The summed E-state index contributed by atoms with van der Waals surface area (Å²) in [6, 6.07) is 0. The number of carbonyl (C=O) groups is 3. The van der Waals surface area contributed by atoms with E-state index in [-0.39, 0.29) is 19.4 Å². The molecule has 0 aromatic rings. The van der Waals surface area contributed by atoms with Crippen molar-refractivity contribution in [2.45, 2.75) is 65.1 Å². The summed E-state index contributed by atoms with van der Waals surface area (Å²) in [4.78, 5) is 31.6. The van der Waals surface area contributed by atoms with Gasteiger partial charge in [-0.2, -0.15) is 0 Å². The van der Waals surface area contributed by atoms with E-state index >= 15 is 0 Å². The minimum Gasteiger partial charge on any atom is -0.444 e. The summed E-state index contributed by atoms with van der Waals surface area (Å²) in [5.41, 5.74) is -1.20. The SMILES string of the molecule is CC(C)(C)OC(=O)NC[C@H](F)C=O.CC(C)(C)OC(=O)NC[C@H](F)CO. The fraction of sp³-hybridized carbons (Fsp3) is 0.812. The maximum atomic E-state index is 12.4. The minimum atomic E-state index is -1.67. The predicted octanol–water partition coefficient (Wildman–Crippen LogP) is 1.89. The van der Waals surface area contributed by atoms with E-state index in [1.807, 2.05) is 0 Å². The van der Waals surface area contributed by atoms with Crippen LogP contribution in [0, 0.1) is 0 Å². The Labute approximate surface area is 152 Å². The molecule has 2 amide bonds. The summed E-state index contributed by atoms with van der Waals surface area (Å²) in [6.07, 6.45) is -4.39. The van der Waals surface area contributed by atoms with Crippen LogP contribution in [0.1, 0.15) is 41.5 Å². The van der Waals surface area contributed by atoms with Gasteiger partial charge in [-0.15, -0.1) is 0 Å². The summed E-state index contributed by atoms with van der Waals surface area (Å²) in [5, 5.41) is 12.6. The highest BCUT2D eigenvalue weighted by atomic mass is 19.1. The molecule has 0 aliphatic rings. The Bertz CT molecular complexity index is 435. The van der Waals surface area contributed by atoms with Gasteiger partial charge in [0.25, 0.3) is 0 Å². The molecule has 0 aromatic heterocycles. The van der Waals surface area contributed by atoms with Crippen LogP contribution in [-0.4, -0.2) is 66.8 Å². The molecule has 0 heterocycles. The lowest BCUT2D eigenvalue weighted by molar-refractivity contribution is -0.111. The van der Waals surface area contributed by atoms with E-state index in [9.17, 15) is 23.2 Å². The molecular formula is C16H30F2N2O6. The fourth-order valence-corrected chi connectivity index (χ4v) is 1.12. The number of halogens is 2. The van der Waals surface area contributed by atoms with E-state index in [2.05, 4.69) is 10.6 Å². The second kappa shape index (κ2) is 12.4. The predicted molar refractivity (Wildman–Crippen MR) is 91.4 cm³/mol. The van der Waals surface area contributed by atoms with Crippen LogP contribution >= 0.6 is 0 Å². The fourth-order valence-electron chi connectivity index (χ4n) is 1.12. The van der Waals surface area contributed by atoms with Crippen molar-refractivity contribution in [2.75, 3.05) is 19.7 Å². The maximum Gasteiger partial charge on any atom is 0.407 e. The largest absolute Gasteiger partial charge is 0.444 e. The normalized spacial score (nSPS) is 13.4. The number of rotatable bonds is 6. The van der Waals surface area contributed by atoms with Crippen LogP contribution in [0.5, 0.6) is 0 Å². The summed E-state index contributed by atoms with van der Waals surface area (Å²) >= 11 is 0. The number of hydrogen-bond acceptors (Lipinski definition) is 6. The first-order chi connectivity index (χ1) is 11.7. The Morgan fingerprint density at radius 2 is 1.35 bits per heavy atom. The molecule has 0 saturated heterocycles. The Kier molecular flexibility index (Phi) is 12.5. The van der Waals surface area contributed by atoms with Crippen molar-refractivity contribution in [1.82, 2.24) is 10.6 Å². The number of aliphatic hydroxyl groups is 1. The monoisotopic (exact) mass is 384 g/mol. The van der Waals surface area contributed by atoms with Crippen LogP contribution in [0.4, 0.5) is 18.4 Å². The van der Waals surface area contributed by atoms with Crippen molar-refractivity contribution in [3.63, 3.8) is 0 Å². The molecule has 3 N–H and O–H groups in total. The average Bonchev–Trinajstić information content (AvgIpc) is 2.47. The van der Waals surface area contributed by atoms with Crippen molar-refractivity contribution < 1.29 is 37.7 Å². The lowest BCUT2D eigenvalue weighted by Crippen LogP contribution is -2.36. The van der Waals surface area contributed by atoms with Crippen LogP contribution in [0.3, 0.4) is 0 Å². The number of carbonyl (C=O) groups excluding carboxylic acids is 3. The van der Waals surface area contributed by atoms with E-state index in [1.165, 1.54) is 0 Å². The van der Waals surface area contributed by atoms with Crippen molar-refractivity contribution in [3.8, 4) is 0 Å². The molecule has 154 valence electrons. The van der Waals surface area contributed by atoms with Crippen molar-refractivity contribution in [3.05, 3.63) is 0 Å². The number of hydrogen-bond donors (Lipinski definition) is 3. The van der Waals surface area contributed by atoms with E-state index in [1.54, 1.807) is 41.5 Å². The van der Waals surface area contributed by atoms with Gasteiger partial charge in [0, 0.05) is 0 Å². The lowest BCUT2D eigenvalue weighted by Gasteiger charge is -2.19. The van der Waals surface area contributed by atoms with Crippen LogP contribution in [0.2, 0.25) is 0 Å². The summed E-state index contributed by atoms with van der Waals surface area (Å²) < 4.78 is 34.3. The Morgan fingerprint density at radius 3 is 1.65 bits per heavy atom. The molecule has 8 nitrogen and oxygen atoms in total. The van der Waals surface area contributed by atoms with Gasteiger partial charge in [0.05, 0.1) is 19.7 Å². The Balaban J connectivity index is 0. The van der Waals surface area contributed by atoms with E-state index in [0.29, 0.717) is 0 Å². The van der Waals surface area contributed by atoms with E-state index in [0.717, 1.165) is 0 Å². The first-order valence-electron chi connectivity index (χ1n) is 7.98. The van der Waals surface area contributed by atoms with Crippen molar-refractivity contribution in [1.29, 1.82) is 0 Å². The molecule has 2 atom stereocenters. The zero-order valence-electron chi connectivity index (χ0n) is 16.1. The number of aldehydes is 1. The average molecular weight is 384 g/mol. The zero-order valence-corrected chi connectivity index (χ0v) is 16.1. The number of ether oxygens (including phenoxy) is 2. The molecule has 0 aromatic carbocycles. The summed E-state index contributed by atoms with van der Waals surface area (Å²) in [5.74, 6) is 0. The highest BCUT2D eigenvalue weighted by molar-refractivity contribution is 5.68. The van der Waals surface area contributed by atoms with Gasteiger partial charge in [-0.25, -0.2) is 18.4 Å². The van der Waals surface area contributed by atoms with Gasteiger partial charge in [-0.1, -0.05) is 0 Å². The number of nitrogens with one attached hydrogen (secondary N) is 2. The number of aliphatic hydroxyl groups excluding tert-OH is 1. The van der Waals surface area contributed by atoms with Gasteiger partial charge in [0.15, 0.2) is 12.5 Å². The topological polar surface area (TPSA) is 114 Å². The van der Waals surface area contributed by atoms with Crippen LogP contribution < -0.4 is 10.6 Å². The number of alkyl halides is 2. The zero-order chi connectivity index (χ0) is 21.0. The van der Waals surface area contributed by atoms with E-state index < -0.39 is 42.3 Å². The highest BCUT2D eigenvalue weighted by Crippen LogP contribution is 2.07. The van der Waals surface area contributed by atoms with Gasteiger partial charge in [-0.05, 0) is 41.5 Å². The lowest BCUT2D eigenvalue weighted by atomic mass is 10.2. The molecule has 26 heavy (non-hydrogen) atoms. The second-order valence-corrected chi connectivity index (χ2v) is 7.20. The van der Waals surface area contributed by atoms with Crippen molar-refractivity contribution >= 4 is 18.5 Å². The quantitative estimate of drug-likeness (QED) is 0.603. The van der Waals surface area contributed by atoms with Gasteiger partial charge < -0.3 is 30.0 Å². The highest BCUT2D eigenvalue weighted by Gasteiger charge is 2.17. The molecule has 0 aliphatic carbocycles. The molecule has 0 spiro atoms. The number of amides is 2. The van der Waals surface area contributed by atoms with Crippen molar-refractivity contribution in [2.24, 2.45) is 0 Å². The summed E-state index contributed by atoms with van der Waals surface area (Å²) in [7, 11) is 0. The Hall–Kier alpha value is -1.97. The molecule has 0 saturated carbocycles. The molecule has 0 aliphatic heterocycles. The van der Waals surface area contributed by atoms with Crippen LogP contribution in [0.15, 0.2) is 0 Å². The van der Waals surface area contributed by atoms with Gasteiger partial charge in [-0.3, -0.25) is 0 Å². The van der Waals surface area contributed by atoms with Crippen LogP contribution in [0.25, 0.3) is 0 Å². The first kappa shape index (κ1) is 26.3. The van der Waals surface area contributed by atoms with E-state index in [4.69, 9.17) is 14.6 Å². The van der Waals surface area contributed by atoms with Gasteiger partial charge in [0.2, 0.25) is 0 Å². The molecule has 0 unspecified atom stereocenters. The first-order valence-corrected chi connectivity index (χ1v) is 7.98. The third kappa shape index (κ3) is 20.1. The molecule has 10 heteroatoms. The van der Waals surface area contributed by atoms with Gasteiger partial charge >= 0.3 is 12.2 Å². The molecule has 0 bridgehead atoms. The molecule has 0 rings (SSSR count). The second-order valence-electron chi connectivity index (χ2n) is 7.20. The maximum absolute atomic E-state index is 12.4. The smallest absolute Gasteiger partial charge is 0.407 e. The third-order valence-electron chi connectivity index (χ3n) is 2.05. The summed E-state index contributed by atoms with van der Waals surface area (Å²) in [6.45, 7) is 9.04. The Morgan fingerprint density at radius 1 is 0.962 bits per heavy atom. The number of alkyl carbamates (subject to hydrolysis) is 2. The van der Waals surface area contributed by atoms with Gasteiger partial charge in [0.1, 0.15) is 17.4 Å². The molecule has 0 radical (unpaired) electrons. The molecule has 0 fully saturated rings. The molecular weight excluding hydrogens is 354 g/mol. The standard InChI is InChI=1S/C8H16FNO3.C8H14FNO3/c2*1-8(2,3)13-7(12)10-4-6(9)5-11/h6,11H,4-5H2,1-3H3,(H,10,12);5-6H,4H2,1-3H3,(H,10,12)/t2*6-/m00/s1. The van der Waals surface area contributed by atoms with Crippen LogP contribution in [-0.2, 0) is 14.3 Å². The minimum absolute atomic E-state index is 0.122. The third-order valence-corrected chi connectivity index (χ3v) is 2.05.